The van der Waals surface area contributed by atoms with Gasteiger partial charge >= 0.3 is 0 Å². The average molecular weight is 418 g/mol. The van der Waals surface area contributed by atoms with Gasteiger partial charge in [0, 0.05) is 11.9 Å². The average Bonchev–Trinajstić information content (AvgIpc) is 3.17. The molecule has 0 amide bonds. The Morgan fingerprint density at radius 2 is 1.72 bits per heavy atom. The van der Waals surface area contributed by atoms with E-state index in [4.69, 9.17) is 0 Å². The second-order valence-corrected chi connectivity index (χ2v) is 10.2. The molecule has 4 aromatic rings. The summed E-state index contributed by atoms with van der Waals surface area (Å²) in [5.41, 5.74) is 8.10. The molecule has 0 fully saturated rings. The standard InChI is InChI=1S/C25H25N2S2/c1-14-7-9-21-20(11-14)26(5)23(28-21)13-24-27(6)25-19-12-15(2)16(3)17(4)18(19)8-10-22(25)29-24/h7-13H,1-6H3/q+1. The number of rotatable bonds is 1. The van der Waals surface area contributed by atoms with Gasteiger partial charge in [-0.1, -0.05) is 35.2 Å². The van der Waals surface area contributed by atoms with E-state index in [1.807, 2.05) is 23.1 Å². The second-order valence-electron chi connectivity index (χ2n) is 8.07. The van der Waals surface area contributed by atoms with Gasteiger partial charge in [-0.3, -0.25) is 0 Å². The Morgan fingerprint density at radius 1 is 0.931 bits per heavy atom. The normalized spacial score (nSPS) is 15.1. The molecule has 2 nitrogen and oxygen atoms in total. The Kier molecular flexibility index (Phi) is 4.27. The Morgan fingerprint density at radius 3 is 2.52 bits per heavy atom. The van der Waals surface area contributed by atoms with Crippen LogP contribution in [0.15, 0.2) is 46.3 Å². The molecule has 0 spiro atoms. The number of benzene rings is 3. The van der Waals surface area contributed by atoms with Crippen LogP contribution in [0, 0.1) is 27.7 Å². The van der Waals surface area contributed by atoms with Gasteiger partial charge in [0.15, 0.2) is 0 Å². The van der Waals surface area contributed by atoms with E-state index in [-0.39, 0.29) is 0 Å². The third-order valence-electron chi connectivity index (χ3n) is 6.25. The number of hydrogen-bond donors (Lipinski definition) is 0. The lowest BCUT2D eigenvalue weighted by atomic mass is 9.96. The van der Waals surface area contributed by atoms with Crippen LogP contribution in [0.3, 0.4) is 0 Å². The van der Waals surface area contributed by atoms with Gasteiger partial charge in [0.2, 0.25) is 5.52 Å². The van der Waals surface area contributed by atoms with Crippen LogP contribution in [0.1, 0.15) is 27.3 Å². The predicted molar refractivity (Wildman–Crippen MR) is 128 cm³/mol. The summed E-state index contributed by atoms with van der Waals surface area (Å²) in [7, 11) is 4.37. The SMILES string of the molecule is Cc1ccc2c(c1)N(C)C(=Cc1sc3ccc4c(C)c(C)c(C)cc4c3[n+]1C)S2. The zero-order chi connectivity index (χ0) is 20.4. The van der Waals surface area contributed by atoms with Crippen molar-refractivity contribution >= 4 is 55.9 Å². The van der Waals surface area contributed by atoms with Gasteiger partial charge in [-0.25, -0.2) is 0 Å². The molecule has 1 aliphatic rings. The number of hydrogen-bond acceptors (Lipinski definition) is 3. The fourth-order valence-electron chi connectivity index (χ4n) is 4.24. The zero-order valence-electron chi connectivity index (χ0n) is 17.8. The lowest BCUT2D eigenvalue weighted by Gasteiger charge is -2.13. The van der Waals surface area contributed by atoms with E-state index in [0.29, 0.717) is 0 Å². The molecule has 0 aliphatic carbocycles. The first-order chi connectivity index (χ1) is 13.8. The molecule has 3 aromatic carbocycles. The molecule has 4 heteroatoms. The molecule has 0 bridgehead atoms. The smallest absolute Gasteiger partial charge is 0.265 e. The molecule has 2 heterocycles. The molecule has 146 valence electrons. The lowest BCUT2D eigenvalue weighted by molar-refractivity contribution is -0.641. The van der Waals surface area contributed by atoms with Crippen LogP contribution >= 0.6 is 23.1 Å². The fraction of sp³-hybridized carbons (Fsp3) is 0.240. The van der Waals surface area contributed by atoms with E-state index in [0.717, 1.165) is 0 Å². The summed E-state index contributed by atoms with van der Waals surface area (Å²) in [5, 5.41) is 5.28. The van der Waals surface area contributed by atoms with Gasteiger partial charge in [0.1, 0.15) is 11.7 Å². The van der Waals surface area contributed by atoms with Gasteiger partial charge in [-0.2, -0.15) is 4.57 Å². The number of anilines is 1. The summed E-state index contributed by atoms with van der Waals surface area (Å²) in [6, 6.07) is 13.6. The summed E-state index contributed by atoms with van der Waals surface area (Å²) >= 11 is 3.73. The Hall–Kier alpha value is -2.30. The molecule has 0 N–H and O–H groups in total. The van der Waals surface area contributed by atoms with Gasteiger partial charge < -0.3 is 4.90 Å². The molecule has 1 aromatic heterocycles. The van der Waals surface area contributed by atoms with Crippen LogP contribution in [0.25, 0.3) is 27.1 Å². The summed E-state index contributed by atoms with van der Waals surface area (Å²) < 4.78 is 3.71. The molecule has 0 saturated carbocycles. The minimum Gasteiger partial charge on any atom is -0.338 e. The third-order valence-corrected chi connectivity index (χ3v) is 8.56. The van der Waals surface area contributed by atoms with Crippen molar-refractivity contribution in [2.24, 2.45) is 7.05 Å². The molecule has 0 unspecified atom stereocenters. The fourth-order valence-corrected chi connectivity index (χ4v) is 6.48. The number of fused-ring (bicyclic) bond motifs is 4. The molecule has 1 aliphatic heterocycles. The van der Waals surface area contributed by atoms with Crippen molar-refractivity contribution in [3.05, 3.63) is 68.7 Å². The Bertz CT molecular complexity index is 1340. The molecule has 0 saturated heterocycles. The topological polar surface area (TPSA) is 7.12 Å². The van der Waals surface area contributed by atoms with E-state index in [1.165, 1.54) is 63.9 Å². The van der Waals surface area contributed by atoms with Crippen LogP contribution in [0.2, 0.25) is 0 Å². The maximum atomic E-state index is 2.37. The van der Waals surface area contributed by atoms with Gasteiger partial charge in [0.05, 0.1) is 22.2 Å². The highest BCUT2D eigenvalue weighted by Crippen LogP contribution is 2.46. The summed E-state index contributed by atoms with van der Waals surface area (Å²) in [4.78, 5) is 3.65. The van der Waals surface area contributed by atoms with Gasteiger partial charge in [-0.05, 0) is 79.6 Å². The first-order valence-electron chi connectivity index (χ1n) is 9.91. The highest BCUT2D eigenvalue weighted by Gasteiger charge is 2.25. The van der Waals surface area contributed by atoms with Crippen molar-refractivity contribution in [2.75, 3.05) is 11.9 Å². The molecule has 5 rings (SSSR count). The Labute approximate surface area is 180 Å². The molecule has 29 heavy (non-hydrogen) atoms. The van der Waals surface area contributed by atoms with Crippen molar-refractivity contribution in [1.82, 2.24) is 0 Å². The van der Waals surface area contributed by atoms with Crippen LogP contribution in [0.5, 0.6) is 0 Å². The van der Waals surface area contributed by atoms with Gasteiger partial charge in [-0.15, -0.1) is 0 Å². The van der Waals surface area contributed by atoms with Crippen molar-refractivity contribution in [3.63, 3.8) is 0 Å². The summed E-state index contributed by atoms with van der Waals surface area (Å²) in [5.74, 6) is 0. The van der Waals surface area contributed by atoms with Crippen LogP contribution in [-0.2, 0) is 7.05 Å². The van der Waals surface area contributed by atoms with Crippen LogP contribution in [0.4, 0.5) is 5.69 Å². The highest BCUT2D eigenvalue weighted by molar-refractivity contribution is 8.03. The number of aryl methyl sites for hydroxylation is 4. The third kappa shape index (κ3) is 2.81. The minimum atomic E-state index is 1.28. The molecule has 0 atom stereocenters. The van der Waals surface area contributed by atoms with E-state index in [1.54, 1.807) is 0 Å². The van der Waals surface area contributed by atoms with E-state index >= 15 is 0 Å². The second kappa shape index (κ2) is 6.61. The Balaban J connectivity index is 1.68. The summed E-state index contributed by atoms with van der Waals surface area (Å²) in [6.45, 7) is 8.85. The number of nitrogens with zero attached hydrogens (tertiary/aromatic N) is 2. The number of thioether (sulfide) groups is 1. The largest absolute Gasteiger partial charge is 0.338 e. The number of thiazole rings is 1. The van der Waals surface area contributed by atoms with Crippen molar-refractivity contribution in [3.8, 4) is 0 Å². The van der Waals surface area contributed by atoms with E-state index in [9.17, 15) is 0 Å². The molecular formula is C25H25N2S2+. The zero-order valence-corrected chi connectivity index (χ0v) is 19.4. The molecular weight excluding hydrogens is 392 g/mol. The highest BCUT2D eigenvalue weighted by atomic mass is 32.2. The first kappa shape index (κ1) is 18.7. The minimum absolute atomic E-state index is 1.28. The predicted octanol–water partition coefficient (Wildman–Crippen LogP) is 6.65. The lowest BCUT2D eigenvalue weighted by Crippen LogP contribution is -2.29. The maximum absolute atomic E-state index is 2.37. The van der Waals surface area contributed by atoms with E-state index in [2.05, 4.69) is 93.7 Å². The van der Waals surface area contributed by atoms with Gasteiger partial charge in [0.25, 0.3) is 5.01 Å². The van der Waals surface area contributed by atoms with E-state index < -0.39 is 0 Å². The number of aromatic nitrogens is 1. The van der Waals surface area contributed by atoms with Crippen molar-refractivity contribution in [2.45, 2.75) is 32.6 Å². The maximum Gasteiger partial charge on any atom is 0.265 e. The first-order valence-corrected chi connectivity index (χ1v) is 11.5. The van der Waals surface area contributed by atoms with Crippen LogP contribution < -0.4 is 9.47 Å². The molecule has 0 radical (unpaired) electrons. The quantitative estimate of drug-likeness (QED) is 0.320. The van der Waals surface area contributed by atoms with Crippen molar-refractivity contribution < 1.29 is 4.57 Å². The van der Waals surface area contributed by atoms with Crippen LogP contribution in [-0.4, -0.2) is 7.05 Å². The monoisotopic (exact) mass is 417 g/mol. The van der Waals surface area contributed by atoms with Crippen molar-refractivity contribution in [1.29, 1.82) is 0 Å². The summed E-state index contributed by atoms with van der Waals surface area (Å²) in [6.07, 6.45) is 2.34.